The summed E-state index contributed by atoms with van der Waals surface area (Å²) in [5.41, 5.74) is 4.53. The Morgan fingerprint density at radius 2 is 1.88 bits per heavy atom. The maximum absolute atomic E-state index is 6.07. The van der Waals surface area contributed by atoms with Crippen molar-refractivity contribution in [3.8, 4) is 17.2 Å². The molecule has 0 aliphatic carbocycles. The van der Waals surface area contributed by atoms with E-state index in [1.807, 2.05) is 55.5 Å². The van der Waals surface area contributed by atoms with Gasteiger partial charge in [-0.2, -0.15) is 9.36 Å². The number of rotatable bonds is 4. The lowest BCUT2D eigenvalue weighted by Gasteiger charge is -2.03. The molecule has 6 nitrogen and oxygen atoms in total. The first-order valence-electron chi connectivity index (χ1n) is 7.96. The first-order chi connectivity index (χ1) is 12.6. The topological polar surface area (TPSA) is 68.5 Å². The van der Waals surface area contributed by atoms with Crippen LogP contribution >= 0.6 is 23.1 Å². The normalized spacial score (nSPS) is 10.9. The van der Waals surface area contributed by atoms with Crippen LogP contribution in [0.25, 0.3) is 17.2 Å². The number of nitrogens with zero attached hydrogens (tertiary/aromatic N) is 5. The minimum absolute atomic E-state index is 0.551. The van der Waals surface area contributed by atoms with Gasteiger partial charge in [0.15, 0.2) is 11.5 Å². The number of halogens is 1. The molecular weight excluding hydrogens is 368 g/mol. The van der Waals surface area contributed by atoms with Gasteiger partial charge in [-0.15, -0.1) is 5.10 Å². The molecule has 4 aromatic rings. The second-order valence-electron chi connectivity index (χ2n) is 5.83. The summed E-state index contributed by atoms with van der Waals surface area (Å²) in [6.07, 6.45) is 0. The van der Waals surface area contributed by atoms with Gasteiger partial charge in [-0.1, -0.05) is 40.6 Å². The van der Waals surface area contributed by atoms with E-state index in [4.69, 9.17) is 11.6 Å². The van der Waals surface area contributed by atoms with E-state index in [9.17, 15) is 0 Å². The molecule has 1 N–H and O–H groups in total. The zero-order valence-electron chi connectivity index (χ0n) is 14.1. The van der Waals surface area contributed by atoms with E-state index in [-0.39, 0.29) is 0 Å². The van der Waals surface area contributed by atoms with Gasteiger partial charge in [0.1, 0.15) is 0 Å². The SMILES string of the molecule is Cc1ccc(Nc2nc(-c3nnn(-c4cccc(Cl)c4)c3C)ns2)cc1. The van der Waals surface area contributed by atoms with Gasteiger partial charge in [-0.05, 0) is 44.2 Å². The lowest BCUT2D eigenvalue weighted by molar-refractivity contribution is 0.785. The summed E-state index contributed by atoms with van der Waals surface area (Å²) < 4.78 is 6.14. The molecule has 0 aliphatic heterocycles. The maximum atomic E-state index is 6.07. The maximum Gasteiger partial charge on any atom is 0.207 e. The average molecular weight is 383 g/mol. The molecule has 0 atom stereocenters. The number of benzene rings is 2. The van der Waals surface area contributed by atoms with Crippen molar-refractivity contribution in [3.05, 3.63) is 64.8 Å². The van der Waals surface area contributed by atoms with E-state index in [0.29, 0.717) is 21.7 Å². The van der Waals surface area contributed by atoms with Gasteiger partial charge in [0, 0.05) is 22.2 Å². The predicted octanol–water partition coefficient (Wildman–Crippen LogP) is 4.80. The van der Waals surface area contributed by atoms with E-state index in [0.717, 1.165) is 17.1 Å². The Hall–Kier alpha value is -2.77. The van der Waals surface area contributed by atoms with Crippen LogP contribution in [0.4, 0.5) is 10.8 Å². The molecule has 0 fully saturated rings. The standard InChI is InChI=1S/C18H15ClN6S/c1-11-6-8-14(9-7-11)20-18-21-17(23-26-18)16-12(2)25(24-22-16)15-5-3-4-13(19)10-15/h3-10H,1-2H3,(H,20,21,23). The Labute approximate surface area is 159 Å². The number of hydrogen-bond donors (Lipinski definition) is 1. The van der Waals surface area contributed by atoms with Crippen LogP contribution < -0.4 is 5.32 Å². The van der Waals surface area contributed by atoms with Crippen LogP contribution in [-0.4, -0.2) is 24.4 Å². The zero-order valence-corrected chi connectivity index (χ0v) is 15.7. The first kappa shape index (κ1) is 16.7. The van der Waals surface area contributed by atoms with Gasteiger partial charge >= 0.3 is 0 Å². The summed E-state index contributed by atoms with van der Waals surface area (Å²) in [5, 5.41) is 13.1. The molecular formula is C18H15ClN6S. The van der Waals surface area contributed by atoms with Crippen LogP contribution in [0.3, 0.4) is 0 Å². The number of aryl methyl sites for hydroxylation is 1. The van der Waals surface area contributed by atoms with E-state index in [2.05, 4.69) is 31.9 Å². The summed E-state index contributed by atoms with van der Waals surface area (Å²) in [4.78, 5) is 4.54. The molecule has 0 unspecified atom stereocenters. The molecule has 0 bridgehead atoms. The fraction of sp³-hybridized carbons (Fsp3) is 0.111. The molecule has 0 saturated carbocycles. The van der Waals surface area contributed by atoms with Gasteiger partial charge in [0.2, 0.25) is 5.13 Å². The lowest BCUT2D eigenvalue weighted by atomic mass is 10.2. The molecule has 2 aromatic heterocycles. The quantitative estimate of drug-likeness (QED) is 0.549. The minimum atomic E-state index is 0.551. The van der Waals surface area contributed by atoms with E-state index < -0.39 is 0 Å². The summed E-state index contributed by atoms with van der Waals surface area (Å²) in [6.45, 7) is 3.99. The number of hydrogen-bond acceptors (Lipinski definition) is 6. The highest BCUT2D eigenvalue weighted by atomic mass is 35.5. The molecule has 0 saturated heterocycles. The van der Waals surface area contributed by atoms with Crippen LogP contribution in [-0.2, 0) is 0 Å². The van der Waals surface area contributed by atoms with Crippen LogP contribution in [0.1, 0.15) is 11.3 Å². The van der Waals surface area contributed by atoms with Crippen molar-refractivity contribution in [3.63, 3.8) is 0 Å². The van der Waals surface area contributed by atoms with E-state index in [1.165, 1.54) is 17.1 Å². The van der Waals surface area contributed by atoms with Gasteiger partial charge in [-0.25, -0.2) is 4.68 Å². The second-order valence-corrected chi connectivity index (χ2v) is 7.02. The molecule has 2 aromatic carbocycles. The summed E-state index contributed by atoms with van der Waals surface area (Å²) in [7, 11) is 0. The fourth-order valence-electron chi connectivity index (χ4n) is 2.52. The monoisotopic (exact) mass is 382 g/mol. The number of nitrogens with one attached hydrogen (secondary N) is 1. The molecule has 4 rings (SSSR count). The summed E-state index contributed by atoms with van der Waals surface area (Å²) in [6, 6.07) is 15.6. The van der Waals surface area contributed by atoms with Crippen LogP contribution in [0.2, 0.25) is 5.02 Å². The molecule has 130 valence electrons. The lowest BCUT2D eigenvalue weighted by Crippen LogP contribution is -1.99. The second kappa shape index (κ2) is 6.86. The predicted molar refractivity (Wildman–Crippen MR) is 104 cm³/mol. The van der Waals surface area contributed by atoms with Crippen molar-refractivity contribution >= 4 is 34.0 Å². The van der Waals surface area contributed by atoms with E-state index in [1.54, 1.807) is 4.68 Å². The third kappa shape index (κ3) is 3.31. The molecule has 0 spiro atoms. The van der Waals surface area contributed by atoms with Crippen molar-refractivity contribution in [1.82, 2.24) is 24.4 Å². The molecule has 2 heterocycles. The molecule has 8 heteroatoms. The van der Waals surface area contributed by atoms with E-state index >= 15 is 0 Å². The first-order valence-corrected chi connectivity index (χ1v) is 9.11. The van der Waals surface area contributed by atoms with Crippen molar-refractivity contribution < 1.29 is 0 Å². The van der Waals surface area contributed by atoms with Gasteiger partial charge in [0.05, 0.1) is 11.4 Å². The molecule has 0 amide bonds. The van der Waals surface area contributed by atoms with Crippen LogP contribution in [0, 0.1) is 13.8 Å². The highest BCUT2D eigenvalue weighted by molar-refractivity contribution is 7.09. The van der Waals surface area contributed by atoms with Crippen molar-refractivity contribution in [2.45, 2.75) is 13.8 Å². The van der Waals surface area contributed by atoms with Gasteiger partial charge < -0.3 is 5.32 Å². The van der Waals surface area contributed by atoms with Crippen molar-refractivity contribution in [2.24, 2.45) is 0 Å². The molecule has 0 aliphatic rings. The highest BCUT2D eigenvalue weighted by Crippen LogP contribution is 2.26. The average Bonchev–Trinajstić information content (AvgIpc) is 3.23. The number of anilines is 2. The smallest absolute Gasteiger partial charge is 0.207 e. The van der Waals surface area contributed by atoms with Gasteiger partial charge in [0.25, 0.3) is 0 Å². The Morgan fingerprint density at radius 1 is 1.08 bits per heavy atom. The van der Waals surface area contributed by atoms with Gasteiger partial charge in [-0.3, -0.25) is 0 Å². The van der Waals surface area contributed by atoms with Crippen molar-refractivity contribution in [2.75, 3.05) is 5.32 Å². The Bertz CT molecular complexity index is 1050. The van der Waals surface area contributed by atoms with Crippen LogP contribution in [0.15, 0.2) is 48.5 Å². The fourth-order valence-corrected chi connectivity index (χ4v) is 3.30. The Kier molecular flexibility index (Phi) is 4.40. The van der Waals surface area contributed by atoms with Crippen molar-refractivity contribution in [1.29, 1.82) is 0 Å². The Morgan fingerprint density at radius 3 is 2.65 bits per heavy atom. The summed E-state index contributed by atoms with van der Waals surface area (Å²) >= 11 is 7.36. The Balaban J connectivity index is 1.61. The van der Waals surface area contributed by atoms with Crippen LogP contribution in [0.5, 0.6) is 0 Å². The number of aromatic nitrogens is 5. The zero-order chi connectivity index (χ0) is 18.1. The summed E-state index contributed by atoms with van der Waals surface area (Å²) in [5.74, 6) is 0.551. The molecule has 0 radical (unpaired) electrons. The third-order valence-corrected chi connectivity index (χ3v) is 4.75. The minimum Gasteiger partial charge on any atom is -0.330 e. The molecule has 26 heavy (non-hydrogen) atoms. The largest absolute Gasteiger partial charge is 0.330 e. The highest BCUT2D eigenvalue weighted by Gasteiger charge is 2.17. The third-order valence-electron chi connectivity index (χ3n) is 3.89.